The predicted molar refractivity (Wildman–Crippen MR) is 39.4 cm³/mol. The number of carboxylic acids is 2. The van der Waals surface area contributed by atoms with Crippen LogP contribution in [0.4, 0.5) is 26.3 Å². The Morgan fingerprint density at radius 3 is 0.833 bits per heavy atom. The number of carbonyl (C=O) groups is 2. The summed E-state index contributed by atoms with van der Waals surface area (Å²) in [5.74, 6) is -5.51. The van der Waals surface area contributed by atoms with Crippen LogP contribution in [-0.2, 0) is 14.2 Å². The van der Waals surface area contributed by atoms with E-state index >= 15 is 0 Å². The number of hydrogen-bond donors (Lipinski definition) is 4. The van der Waals surface area contributed by atoms with Gasteiger partial charge in [-0.2, -0.15) is 26.3 Å². The number of alkyl halides is 6. The second-order valence-corrected chi connectivity index (χ2v) is 2.36. The standard InChI is InChI=1S/2C2HF3O2.HO3P/c2*3-2(4,5)1(6)7;1-4(2)3/h2*(H,6,7);(H-,1,2,3)/p+1. The molecule has 7 nitrogen and oxygen atoms in total. The minimum atomic E-state index is -5.08. The molecule has 18 heavy (non-hydrogen) atoms. The summed E-state index contributed by atoms with van der Waals surface area (Å²) in [6, 6.07) is 0. The van der Waals surface area contributed by atoms with Crippen molar-refractivity contribution in [1.82, 2.24) is 0 Å². The summed E-state index contributed by atoms with van der Waals surface area (Å²) in [7, 11) is -2.87. The number of carboxylic acid groups (broad SMARTS) is 2. The third kappa shape index (κ3) is 24.0. The van der Waals surface area contributed by atoms with Crippen LogP contribution >= 0.6 is 8.25 Å². The van der Waals surface area contributed by atoms with Crippen LogP contribution < -0.4 is 0 Å². The van der Waals surface area contributed by atoms with E-state index in [1.807, 2.05) is 0 Å². The molecule has 0 saturated carbocycles. The number of aliphatic carboxylic acids is 2. The van der Waals surface area contributed by atoms with E-state index in [0.29, 0.717) is 0 Å². The van der Waals surface area contributed by atoms with Crippen LogP contribution in [0.25, 0.3) is 0 Å². The van der Waals surface area contributed by atoms with E-state index in [1.165, 1.54) is 0 Å². The average Bonchev–Trinajstić information content (AvgIpc) is 1.99. The maximum absolute atomic E-state index is 10.6. The van der Waals surface area contributed by atoms with E-state index in [0.717, 1.165) is 0 Å². The summed E-state index contributed by atoms with van der Waals surface area (Å²) in [5, 5.41) is 14.2. The quantitative estimate of drug-likeness (QED) is 0.386. The molecule has 0 rings (SSSR count). The van der Waals surface area contributed by atoms with Gasteiger partial charge in [0.2, 0.25) is 0 Å². The molecule has 0 spiro atoms. The van der Waals surface area contributed by atoms with Gasteiger partial charge in [-0.25, -0.2) is 9.59 Å². The van der Waals surface area contributed by atoms with Gasteiger partial charge in [-0.1, -0.05) is 0 Å². The van der Waals surface area contributed by atoms with Crippen molar-refractivity contribution < 1.29 is 60.5 Å². The van der Waals surface area contributed by atoms with Gasteiger partial charge in [-0.05, 0) is 0 Å². The van der Waals surface area contributed by atoms with E-state index < -0.39 is 32.5 Å². The van der Waals surface area contributed by atoms with Crippen molar-refractivity contribution in [1.29, 1.82) is 0 Å². The molecule has 108 valence electrons. The molecular formula is C4H4F6O7P+. The molecule has 0 heterocycles. The highest BCUT2D eigenvalue weighted by molar-refractivity contribution is 7.30. The van der Waals surface area contributed by atoms with Crippen LogP contribution in [0, 0.1) is 0 Å². The van der Waals surface area contributed by atoms with Gasteiger partial charge in [-0.3, -0.25) is 0 Å². The van der Waals surface area contributed by atoms with Crippen LogP contribution in [0.15, 0.2) is 0 Å². The summed E-state index contributed by atoms with van der Waals surface area (Å²) >= 11 is 0. The second-order valence-electron chi connectivity index (χ2n) is 1.86. The topological polar surface area (TPSA) is 132 Å². The van der Waals surface area contributed by atoms with Crippen LogP contribution in [-0.4, -0.2) is 44.3 Å². The Hall–Kier alpha value is -1.46. The molecule has 0 unspecified atom stereocenters. The first-order valence-corrected chi connectivity index (χ1v) is 4.24. The molecule has 0 bridgehead atoms. The molecule has 4 N–H and O–H groups in total. The summed E-state index contributed by atoms with van der Waals surface area (Å²) in [4.78, 5) is 32.0. The lowest BCUT2D eigenvalue weighted by molar-refractivity contribution is -0.193. The van der Waals surface area contributed by atoms with Crippen molar-refractivity contribution in [3.63, 3.8) is 0 Å². The molecule has 0 aliphatic carbocycles. The molecule has 0 aromatic carbocycles. The van der Waals surface area contributed by atoms with Crippen molar-refractivity contribution in [2.24, 2.45) is 0 Å². The fourth-order valence-corrected chi connectivity index (χ4v) is 0. The largest absolute Gasteiger partial charge is 0.692 e. The minimum absolute atomic E-state index is 2.76. The van der Waals surface area contributed by atoms with Crippen LogP contribution in [0.5, 0.6) is 0 Å². The number of hydrogen-bond acceptors (Lipinski definition) is 3. The van der Waals surface area contributed by atoms with Gasteiger partial charge in [0.15, 0.2) is 0 Å². The third-order valence-electron chi connectivity index (χ3n) is 0.485. The normalized spacial score (nSPS) is 10.2. The maximum atomic E-state index is 10.6. The third-order valence-corrected chi connectivity index (χ3v) is 0.485. The first-order chi connectivity index (χ1) is 7.62. The summed E-state index contributed by atoms with van der Waals surface area (Å²) in [6.45, 7) is 0. The van der Waals surface area contributed by atoms with Crippen molar-refractivity contribution in [2.45, 2.75) is 12.4 Å². The highest BCUT2D eigenvalue weighted by Gasteiger charge is 2.38. The summed E-state index contributed by atoms with van der Waals surface area (Å²) < 4.78 is 72.2. The van der Waals surface area contributed by atoms with Gasteiger partial charge < -0.3 is 10.2 Å². The Morgan fingerprint density at radius 1 is 0.778 bits per heavy atom. The first kappa shape index (κ1) is 21.8. The van der Waals surface area contributed by atoms with Gasteiger partial charge >= 0.3 is 32.5 Å². The van der Waals surface area contributed by atoms with Crippen molar-refractivity contribution in [3.8, 4) is 0 Å². The Morgan fingerprint density at radius 2 is 0.833 bits per heavy atom. The van der Waals surface area contributed by atoms with Crippen LogP contribution in [0.1, 0.15) is 0 Å². The molecule has 0 aliphatic rings. The highest BCUT2D eigenvalue weighted by Crippen LogP contribution is 2.13. The molecule has 14 heteroatoms. The number of rotatable bonds is 0. The number of halogens is 6. The zero-order valence-electron chi connectivity index (χ0n) is 7.73. The Labute approximate surface area is 94.2 Å². The zero-order valence-corrected chi connectivity index (χ0v) is 8.62. The molecule has 0 aromatic rings. The van der Waals surface area contributed by atoms with Crippen LogP contribution in [0.2, 0.25) is 0 Å². The Bertz CT molecular complexity index is 267. The lowest BCUT2D eigenvalue weighted by Gasteiger charge is -1.93. The van der Waals surface area contributed by atoms with Crippen LogP contribution in [0.3, 0.4) is 0 Å². The van der Waals surface area contributed by atoms with E-state index in [2.05, 4.69) is 0 Å². The summed E-state index contributed by atoms with van der Waals surface area (Å²) in [6.07, 6.45) is -10.2. The smallest absolute Gasteiger partial charge is 0.475 e. The molecule has 0 aromatic heterocycles. The zero-order chi connectivity index (χ0) is 15.7. The average molecular weight is 309 g/mol. The van der Waals surface area contributed by atoms with Crippen molar-refractivity contribution in [2.75, 3.05) is 0 Å². The van der Waals surface area contributed by atoms with Gasteiger partial charge in [0.25, 0.3) is 0 Å². The Balaban J connectivity index is -0.000000196. The van der Waals surface area contributed by atoms with Gasteiger partial charge in [0, 0.05) is 4.57 Å². The van der Waals surface area contributed by atoms with E-state index in [1.54, 1.807) is 0 Å². The van der Waals surface area contributed by atoms with Gasteiger partial charge in [0.1, 0.15) is 0 Å². The molecule has 0 aliphatic heterocycles. The summed E-state index contributed by atoms with van der Waals surface area (Å²) in [5.41, 5.74) is 0. The van der Waals surface area contributed by atoms with E-state index in [9.17, 15) is 26.3 Å². The fourth-order valence-electron chi connectivity index (χ4n) is 0. The molecule has 0 fully saturated rings. The molecular weight excluding hydrogens is 305 g/mol. The minimum Gasteiger partial charge on any atom is -0.475 e. The lowest BCUT2D eigenvalue weighted by atomic mass is 10.7. The lowest BCUT2D eigenvalue weighted by Crippen LogP contribution is -2.21. The first-order valence-electron chi connectivity index (χ1n) is 3.07. The van der Waals surface area contributed by atoms with Crippen molar-refractivity contribution >= 4 is 20.2 Å². The fraction of sp³-hybridized carbons (Fsp3) is 0.500. The van der Waals surface area contributed by atoms with Gasteiger partial charge in [0.05, 0.1) is 0 Å². The second kappa shape index (κ2) is 8.60. The molecule has 0 saturated heterocycles. The molecule has 0 atom stereocenters. The van der Waals surface area contributed by atoms with E-state index in [4.69, 9.17) is 34.2 Å². The Kier molecular flexibility index (Phi) is 10.4. The SMILES string of the molecule is O=C(O)C(F)(F)F.O=C(O)C(F)(F)F.O=[P+](O)O. The molecule has 0 amide bonds. The predicted octanol–water partition coefficient (Wildman–Crippen LogP) is 0.895. The van der Waals surface area contributed by atoms with E-state index in [-0.39, 0.29) is 0 Å². The van der Waals surface area contributed by atoms with Crippen molar-refractivity contribution in [3.05, 3.63) is 0 Å². The maximum Gasteiger partial charge on any atom is 0.692 e. The monoisotopic (exact) mass is 309 g/mol. The highest BCUT2D eigenvalue weighted by atomic mass is 31.1. The van der Waals surface area contributed by atoms with Gasteiger partial charge in [-0.15, -0.1) is 9.79 Å². The molecule has 0 radical (unpaired) electrons.